The van der Waals surface area contributed by atoms with Gasteiger partial charge in [-0.3, -0.25) is 0 Å². The van der Waals surface area contributed by atoms with Crippen LogP contribution in [0.2, 0.25) is 0 Å². The van der Waals surface area contributed by atoms with Crippen molar-refractivity contribution >= 4 is 0 Å². The summed E-state index contributed by atoms with van der Waals surface area (Å²) in [6.45, 7) is 5.30. The third-order valence-corrected chi connectivity index (χ3v) is 4.30. The zero-order valence-corrected chi connectivity index (χ0v) is 12.0. The van der Waals surface area contributed by atoms with E-state index in [9.17, 15) is 0 Å². The van der Waals surface area contributed by atoms with Crippen LogP contribution < -0.4 is 5.32 Å². The molecule has 1 heterocycles. The molecule has 0 bridgehead atoms. The molecule has 1 aliphatic carbocycles. The van der Waals surface area contributed by atoms with Crippen LogP contribution in [0.1, 0.15) is 57.1 Å². The van der Waals surface area contributed by atoms with Crippen molar-refractivity contribution in [2.75, 3.05) is 7.05 Å². The molecule has 1 aromatic rings. The Labute approximate surface area is 110 Å². The lowest BCUT2D eigenvalue weighted by molar-refractivity contribution is 0.238. The normalized spacial score (nSPS) is 19.1. The highest BCUT2D eigenvalue weighted by Gasteiger charge is 2.32. The minimum Gasteiger partial charge on any atom is -0.315 e. The zero-order chi connectivity index (χ0) is 13.0. The van der Waals surface area contributed by atoms with E-state index in [0.29, 0.717) is 0 Å². The number of nitrogens with one attached hydrogen (secondary N) is 1. The van der Waals surface area contributed by atoms with Gasteiger partial charge in [0, 0.05) is 18.5 Å². The smallest absolute Gasteiger partial charge is 0.134 e. The van der Waals surface area contributed by atoms with E-state index in [2.05, 4.69) is 41.0 Å². The Morgan fingerprint density at radius 1 is 1.22 bits per heavy atom. The molecule has 1 saturated carbocycles. The molecule has 102 valence electrons. The summed E-state index contributed by atoms with van der Waals surface area (Å²) in [4.78, 5) is 0. The van der Waals surface area contributed by atoms with E-state index in [1.54, 1.807) is 0 Å². The molecule has 4 nitrogen and oxygen atoms in total. The van der Waals surface area contributed by atoms with Gasteiger partial charge in [-0.2, -0.15) is 0 Å². The summed E-state index contributed by atoms with van der Waals surface area (Å²) in [7, 11) is 2.10. The maximum Gasteiger partial charge on any atom is 0.134 e. The van der Waals surface area contributed by atoms with Crippen molar-refractivity contribution < 1.29 is 0 Å². The first-order valence-corrected chi connectivity index (χ1v) is 7.28. The van der Waals surface area contributed by atoms with E-state index in [1.807, 2.05) is 0 Å². The molecule has 1 N–H and O–H groups in total. The monoisotopic (exact) mass is 250 g/mol. The summed E-state index contributed by atoms with van der Waals surface area (Å²) < 4.78 is 2.29. The van der Waals surface area contributed by atoms with Crippen LogP contribution >= 0.6 is 0 Å². The molecule has 1 fully saturated rings. The van der Waals surface area contributed by atoms with Crippen LogP contribution in [0.25, 0.3) is 0 Å². The lowest BCUT2D eigenvalue weighted by Crippen LogP contribution is -2.47. The van der Waals surface area contributed by atoms with Gasteiger partial charge >= 0.3 is 0 Å². The molecule has 0 amide bonds. The van der Waals surface area contributed by atoms with Crippen LogP contribution in [0.15, 0.2) is 0 Å². The van der Waals surface area contributed by atoms with Gasteiger partial charge in [0.15, 0.2) is 0 Å². The largest absolute Gasteiger partial charge is 0.315 e. The quantitative estimate of drug-likeness (QED) is 0.873. The second-order valence-electron chi connectivity index (χ2n) is 5.58. The SMILES string of the molecule is CCCn1c(C)nnc1CC1(NC)CCCCC1. The van der Waals surface area contributed by atoms with Gasteiger partial charge in [-0.05, 0) is 33.2 Å². The van der Waals surface area contributed by atoms with Gasteiger partial charge in [-0.25, -0.2) is 0 Å². The van der Waals surface area contributed by atoms with Crippen molar-refractivity contribution in [2.45, 2.75) is 70.9 Å². The molecule has 1 aromatic heterocycles. The lowest BCUT2D eigenvalue weighted by atomic mass is 9.79. The van der Waals surface area contributed by atoms with Crippen molar-refractivity contribution in [3.05, 3.63) is 11.6 Å². The Kier molecular flexibility index (Phi) is 4.38. The molecule has 18 heavy (non-hydrogen) atoms. The lowest BCUT2D eigenvalue weighted by Gasteiger charge is -2.37. The summed E-state index contributed by atoms with van der Waals surface area (Å²) in [5, 5.41) is 12.2. The molecular weight excluding hydrogens is 224 g/mol. The fourth-order valence-corrected chi connectivity index (χ4v) is 3.12. The first-order valence-electron chi connectivity index (χ1n) is 7.28. The van der Waals surface area contributed by atoms with Crippen LogP contribution in [-0.4, -0.2) is 27.4 Å². The second kappa shape index (κ2) is 5.83. The average molecular weight is 250 g/mol. The minimum atomic E-state index is 0.253. The van der Waals surface area contributed by atoms with E-state index in [0.717, 1.165) is 31.0 Å². The number of hydrogen-bond donors (Lipinski definition) is 1. The van der Waals surface area contributed by atoms with Crippen LogP contribution in [0.4, 0.5) is 0 Å². The number of aromatic nitrogens is 3. The van der Waals surface area contributed by atoms with Gasteiger partial charge in [-0.1, -0.05) is 26.2 Å². The molecule has 0 unspecified atom stereocenters. The molecule has 0 radical (unpaired) electrons. The van der Waals surface area contributed by atoms with E-state index in [4.69, 9.17) is 0 Å². The first-order chi connectivity index (χ1) is 8.71. The number of aryl methyl sites for hydroxylation is 1. The second-order valence-corrected chi connectivity index (χ2v) is 5.58. The summed E-state index contributed by atoms with van der Waals surface area (Å²) in [5.74, 6) is 2.21. The fourth-order valence-electron chi connectivity index (χ4n) is 3.12. The Hall–Kier alpha value is -0.900. The molecule has 1 aliphatic rings. The maximum atomic E-state index is 4.39. The van der Waals surface area contributed by atoms with Crippen LogP contribution in [-0.2, 0) is 13.0 Å². The van der Waals surface area contributed by atoms with E-state index >= 15 is 0 Å². The highest BCUT2D eigenvalue weighted by Crippen LogP contribution is 2.30. The Balaban J connectivity index is 2.16. The average Bonchev–Trinajstić information content (AvgIpc) is 2.73. The molecule has 0 saturated heterocycles. The Morgan fingerprint density at radius 2 is 1.94 bits per heavy atom. The summed E-state index contributed by atoms with van der Waals surface area (Å²) >= 11 is 0. The zero-order valence-electron chi connectivity index (χ0n) is 12.0. The van der Waals surface area contributed by atoms with Crippen molar-refractivity contribution in [3.63, 3.8) is 0 Å². The highest BCUT2D eigenvalue weighted by atomic mass is 15.3. The fraction of sp³-hybridized carbons (Fsp3) is 0.857. The number of hydrogen-bond acceptors (Lipinski definition) is 3. The predicted molar refractivity (Wildman–Crippen MR) is 73.6 cm³/mol. The third kappa shape index (κ3) is 2.74. The van der Waals surface area contributed by atoms with Crippen LogP contribution in [0.5, 0.6) is 0 Å². The van der Waals surface area contributed by atoms with Crippen molar-refractivity contribution in [1.29, 1.82) is 0 Å². The van der Waals surface area contributed by atoms with Crippen molar-refractivity contribution in [1.82, 2.24) is 20.1 Å². The highest BCUT2D eigenvalue weighted by molar-refractivity contribution is 5.03. The summed E-state index contributed by atoms with van der Waals surface area (Å²) in [5.41, 5.74) is 0.253. The first kappa shape index (κ1) is 13.5. The summed E-state index contributed by atoms with van der Waals surface area (Å²) in [6, 6.07) is 0. The molecular formula is C14H26N4. The van der Waals surface area contributed by atoms with Gasteiger partial charge in [-0.15, -0.1) is 10.2 Å². The third-order valence-electron chi connectivity index (χ3n) is 4.30. The minimum absolute atomic E-state index is 0.253. The molecule has 0 aliphatic heterocycles. The van der Waals surface area contributed by atoms with E-state index in [1.165, 1.54) is 32.1 Å². The van der Waals surface area contributed by atoms with E-state index in [-0.39, 0.29) is 5.54 Å². The number of rotatable bonds is 5. The molecule has 0 atom stereocenters. The van der Waals surface area contributed by atoms with E-state index < -0.39 is 0 Å². The van der Waals surface area contributed by atoms with Crippen LogP contribution in [0.3, 0.4) is 0 Å². The number of nitrogens with zero attached hydrogens (tertiary/aromatic N) is 3. The van der Waals surface area contributed by atoms with Crippen molar-refractivity contribution in [2.24, 2.45) is 0 Å². The molecule has 0 aromatic carbocycles. The molecule has 0 spiro atoms. The van der Waals surface area contributed by atoms with Gasteiger partial charge in [0.1, 0.15) is 11.6 Å². The maximum absolute atomic E-state index is 4.39. The molecule has 4 heteroatoms. The Morgan fingerprint density at radius 3 is 2.56 bits per heavy atom. The van der Waals surface area contributed by atoms with Gasteiger partial charge < -0.3 is 9.88 Å². The van der Waals surface area contributed by atoms with Gasteiger partial charge in [0.05, 0.1) is 0 Å². The standard InChI is InChI=1S/C14H26N4/c1-4-10-18-12(2)16-17-13(18)11-14(15-3)8-6-5-7-9-14/h15H,4-11H2,1-3H3. The summed E-state index contributed by atoms with van der Waals surface area (Å²) in [6.07, 6.45) is 8.74. The van der Waals surface area contributed by atoms with Crippen molar-refractivity contribution in [3.8, 4) is 0 Å². The molecule has 2 rings (SSSR count). The predicted octanol–water partition coefficient (Wildman–Crippen LogP) is 2.46. The Bertz CT molecular complexity index is 377. The number of likely N-dealkylation sites (N-methyl/N-ethyl adjacent to an activating group) is 1. The topological polar surface area (TPSA) is 42.7 Å². The van der Waals surface area contributed by atoms with Crippen LogP contribution in [0, 0.1) is 6.92 Å². The van der Waals surface area contributed by atoms with Gasteiger partial charge in [0.2, 0.25) is 0 Å². The van der Waals surface area contributed by atoms with Gasteiger partial charge in [0.25, 0.3) is 0 Å².